The Balaban J connectivity index is 3.29. The maximum Gasteiger partial charge on any atom is 0.328 e. The zero-order valence-corrected chi connectivity index (χ0v) is 9.87. The maximum atomic E-state index is 13.7. The lowest BCUT2D eigenvalue weighted by Gasteiger charge is -2.10. The molecule has 0 saturated heterocycles. The molecular formula is C12H12F2O4. The average molecular weight is 258 g/mol. The van der Waals surface area contributed by atoms with E-state index in [1.54, 1.807) is 0 Å². The predicted molar refractivity (Wildman–Crippen MR) is 60.4 cm³/mol. The first-order chi connectivity index (χ1) is 8.49. The van der Waals surface area contributed by atoms with E-state index in [4.69, 9.17) is 9.84 Å². The van der Waals surface area contributed by atoms with Crippen LogP contribution in [0.3, 0.4) is 0 Å². The molecule has 0 spiro atoms. The van der Waals surface area contributed by atoms with Gasteiger partial charge >= 0.3 is 5.97 Å². The minimum absolute atomic E-state index is 0.0315. The van der Waals surface area contributed by atoms with Crippen molar-refractivity contribution in [1.82, 2.24) is 0 Å². The number of carbonyl (C=O) groups is 1. The Bertz CT molecular complexity index is 483. The molecular weight excluding hydrogens is 246 g/mol. The highest BCUT2D eigenvalue weighted by molar-refractivity contribution is 5.90. The molecule has 0 saturated carbocycles. The molecule has 1 aromatic carbocycles. The Morgan fingerprint density at radius 2 is 2.00 bits per heavy atom. The second kappa shape index (κ2) is 6.11. The van der Waals surface area contributed by atoms with E-state index in [-0.39, 0.29) is 23.5 Å². The fourth-order valence-electron chi connectivity index (χ4n) is 1.43. The number of benzene rings is 1. The first kappa shape index (κ1) is 14.1. The molecule has 0 aliphatic heterocycles. The zero-order chi connectivity index (χ0) is 13.7. The van der Waals surface area contributed by atoms with E-state index in [0.717, 1.165) is 18.2 Å². The number of carboxylic acid groups (broad SMARTS) is 1. The van der Waals surface area contributed by atoms with E-state index in [1.165, 1.54) is 14.2 Å². The monoisotopic (exact) mass is 258 g/mol. The number of ether oxygens (including phenoxy) is 2. The molecule has 0 aliphatic carbocycles. The van der Waals surface area contributed by atoms with Crippen LogP contribution in [0.4, 0.5) is 8.78 Å². The molecule has 98 valence electrons. The summed E-state index contributed by atoms with van der Waals surface area (Å²) in [5.74, 6) is -3.07. The third kappa shape index (κ3) is 3.27. The molecule has 0 aromatic heterocycles. The molecule has 18 heavy (non-hydrogen) atoms. The lowest BCUT2D eigenvalue weighted by molar-refractivity contribution is -0.131. The highest BCUT2D eigenvalue weighted by Crippen LogP contribution is 2.26. The van der Waals surface area contributed by atoms with Crippen LogP contribution >= 0.6 is 0 Å². The van der Waals surface area contributed by atoms with Gasteiger partial charge in [0.2, 0.25) is 0 Å². The number of rotatable bonds is 5. The molecule has 1 N–H and O–H groups in total. The zero-order valence-electron chi connectivity index (χ0n) is 9.87. The predicted octanol–water partition coefficient (Wildman–Crippen LogP) is 2.09. The van der Waals surface area contributed by atoms with Crippen LogP contribution in [0, 0.1) is 11.6 Å². The quantitative estimate of drug-likeness (QED) is 0.821. The minimum atomic E-state index is -1.27. The first-order valence-electron chi connectivity index (χ1n) is 4.95. The lowest BCUT2D eigenvalue weighted by Crippen LogP contribution is -2.02. The van der Waals surface area contributed by atoms with Gasteiger partial charge in [-0.25, -0.2) is 13.6 Å². The summed E-state index contributed by atoms with van der Waals surface area (Å²) in [6.07, 6.45) is 0.772. The molecule has 0 atom stereocenters. The summed E-state index contributed by atoms with van der Waals surface area (Å²) in [5, 5.41) is 8.66. The minimum Gasteiger partial charge on any atom is -0.494 e. The Kier molecular flexibility index (Phi) is 4.79. The summed E-state index contributed by atoms with van der Waals surface area (Å²) in [5.41, 5.74) is -0.137. The van der Waals surface area contributed by atoms with Gasteiger partial charge in [0.15, 0.2) is 11.6 Å². The van der Waals surface area contributed by atoms with Gasteiger partial charge in [-0.15, -0.1) is 0 Å². The van der Waals surface area contributed by atoms with E-state index in [2.05, 4.69) is 4.74 Å². The highest BCUT2D eigenvalue weighted by Gasteiger charge is 2.14. The number of carboxylic acids is 1. The number of aliphatic carboxylic acids is 1. The van der Waals surface area contributed by atoms with Crippen molar-refractivity contribution in [3.8, 4) is 5.75 Å². The van der Waals surface area contributed by atoms with E-state index in [1.807, 2.05) is 0 Å². The summed E-state index contributed by atoms with van der Waals surface area (Å²) in [6, 6.07) is 1.73. The third-order valence-corrected chi connectivity index (χ3v) is 2.18. The molecule has 4 nitrogen and oxygen atoms in total. The Morgan fingerprint density at radius 3 is 2.50 bits per heavy atom. The van der Waals surface area contributed by atoms with Crippen LogP contribution < -0.4 is 4.74 Å². The molecule has 6 heteroatoms. The van der Waals surface area contributed by atoms with Gasteiger partial charge in [-0.3, -0.25) is 0 Å². The Hall–Kier alpha value is -1.95. The van der Waals surface area contributed by atoms with Gasteiger partial charge in [0.05, 0.1) is 13.7 Å². The largest absolute Gasteiger partial charge is 0.494 e. The SMILES string of the molecule is COC/C(=C\C(=O)O)c1cc(F)c(OC)cc1F. The Labute approximate surface area is 102 Å². The summed E-state index contributed by atoms with van der Waals surface area (Å²) in [6.45, 7) is -0.144. The van der Waals surface area contributed by atoms with Crippen LogP contribution in [-0.2, 0) is 9.53 Å². The van der Waals surface area contributed by atoms with Crippen molar-refractivity contribution in [2.24, 2.45) is 0 Å². The van der Waals surface area contributed by atoms with Gasteiger partial charge in [0, 0.05) is 24.8 Å². The van der Waals surface area contributed by atoms with E-state index in [9.17, 15) is 13.6 Å². The number of hydrogen-bond donors (Lipinski definition) is 1. The van der Waals surface area contributed by atoms with Crippen molar-refractivity contribution in [3.63, 3.8) is 0 Å². The molecule has 0 radical (unpaired) electrons. The van der Waals surface area contributed by atoms with Crippen molar-refractivity contribution in [3.05, 3.63) is 35.4 Å². The fraction of sp³-hybridized carbons (Fsp3) is 0.250. The van der Waals surface area contributed by atoms with Gasteiger partial charge in [0.25, 0.3) is 0 Å². The van der Waals surface area contributed by atoms with Crippen LogP contribution in [0.1, 0.15) is 5.56 Å². The molecule has 0 amide bonds. The van der Waals surface area contributed by atoms with Crippen molar-refractivity contribution < 1.29 is 28.2 Å². The molecule has 1 aromatic rings. The van der Waals surface area contributed by atoms with Crippen molar-refractivity contribution in [2.45, 2.75) is 0 Å². The average Bonchev–Trinajstić information content (AvgIpc) is 2.30. The van der Waals surface area contributed by atoms with Gasteiger partial charge < -0.3 is 14.6 Å². The highest BCUT2D eigenvalue weighted by atomic mass is 19.1. The second-order valence-electron chi connectivity index (χ2n) is 3.41. The maximum absolute atomic E-state index is 13.7. The normalized spacial score (nSPS) is 11.4. The van der Waals surface area contributed by atoms with Crippen LogP contribution in [-0.4, -0.2) is 31.9 Å². The first-order valence-corrected chi connectivity index (χ1v) is 4.95. The smallest absolute Gasteiger partial charge is 0.328 e. The van der Waals surface area contributed by atoms with Gasteiger partial charge in [-0.1, -0.05) is 0 Å². The number of methoxy groups -OCH3 is 2. The van der Waals surface area contributed by atoms with Crippen LogP contribution in [0.15, 0.2) is 18.2 Å². The summed E-state index contributed by atoms with van der Waals surface area (Å²) < 4.78 is 36.5. The van der Waals surface area contributed by atoms with Crippen molar-refractivity contribution in [2.75, 3.05) is 20.8 Å². The molecule has 1 rings (SSSR count). The van der Waals surface area contributed by atoms with Gasteiger partial charge in [-0.2, -0.15) is 0 Å². The standard InChI is InChI=1S/C12H12F2O4/c1-17-6-7(3-12(15)16)8-4-10(14)11(18-2)5-9(8)13/h3-5H,6H2,1-2H3,(H,15,16)/b7-3+. The van der Waals surface area contributed by atoms with Gasteiger partial charge in [0.1, 0.15) is 5.82 Å². The van der Waals surface area contributed by atoms with Crippen molar-refractivity contribution in [1.29, 1.82) is 0 Å². The Morgan fingerprint density at radius 1 is 1.33 bits per heavy atom. The lowest BCUT2D eigenvalue weighted by atomic mass is 10.0. The second-order valence-corrected chi connectivity index (χ2v) is 3.41. The molecule has 0 aliphatic rings. The summed E-state index contributed by atoms with van der Waals surface area (Å²) >= 11 is 0. The van der Waals surface area contributed by atoms with Gasteiger partial charge in [-0.05, 0) is 11.6 Å². The summed E-state index contributed by atoms with van der Waals surface area (Å²) in [7, 11) is 2.54. The van der Waals surface area contributed by atoms with E-state index < -0.39 is 17.6 Å². The van der Waals surface area contributed by atoms with Crippen molar-refractivity contribution >= 4 is 11.5 Å². The van der Waals surface area contributed by atoms with Crippen LogP contribution in [0.5, 0.6) is 5.75 Å². The molecule has 0 fully saturated rings. The van der Waals surface area contributed by atoms with Crippen LogP contribution in [0.25, 0.3) is 5.57 Å². The molecule has 0 unspecified atom stereocenters. The number of hydrogen-bond acceptors (Lipinski definition) is 3. The topological polar surface area (TPSA) is 55.8 Å². The fourth-order valence-corrected chi connectivity index (χ4v) is 1.43. The third-order valence-electron chi connectivity index (χ3n) is 2.18. The molecule has 0 heterocycles. The summed E-state index contributed by atoms with van der Waals surface area (Å²) in [4.78, 5) is 10.6. The number of halogens is 2. The van der Waals surface area contributed by atoms with Crippen LogP contribution in [0.2, 0.25) is 0 Å². The van der Waals surface area contributed by atoms with E-state index in [0.29, 0.717) is 0 Å². The molecule has 0 bridgehead atoms. The van der Waals surface area contributed by atoms with E-state index >= 15 is 0 Å².